The van der Waals surface area contributed by atoms with Crippen LogP contribution in [-0.4, -0.2) is 164 Å². The Kier molecular flexibility index (Phi) is 25.4. The maximum Gasteiger partial charge on any atom is 0.328 e. The molecule has 27 nitrogen and oxygen atoms in total. The van der Waals surface area contributed by atoms with Gasteiger partial charge in [0.15, 0.2) is 6.04 Å². The number of nitrogens with one attached hydrogen (secondary N) is 8. The molecule has 0 aromatic heterocycles. The van der Waals surface area contributed by atoms with Crippen molar-refractivity contribution in [3.8, 4) is 0 Å². The zero-order chi connectivity index (χ0) is 49.6. The van der Waals surface area contributed by atoms with Crippen LogP contribution in [-0.2, 0) is 57.5 Å². The molecule has 17 N–H and O–H groups in total. The molecule has 0 spiro atoms. The molecule has 27 heteroatoms. The van der Waals surface area contributed by atoms with E-state index in [1.807, 2.05) is 0 Å². The highest BCUT2D eigenvalue weighted by molar-refractivity contribution is 5.98. The number of aliphatic hydroxyl groups excluding tert-OH is 2. The molecule has 64 heavy (non-hydrogen) atoms. The third-order valence-corrected chi connectivity index (χ3v) is 9.03. The average Bonchev–Trinajstić information content (AvgIpc) is 3.18. The number of aliphatic carboxylic acids is 3. The number of primary amides is 1. The molecule has 10 atom stereocenters. The number of aliphatic hydroxyl groups is 2. The Morgan fingerprint density at radius 1 is 0.484 bits per heavy atom. The van der Waals surface area contributed by atoms with Gasteiger partial charge in [0.05, 0.1) is 18.8 Å². The molecule has 0 bridgehead atoms. The van der Waals surface area contributed by atoms with E-state index in [4.69, 9.17) is 11.5 Å². The molecular formula is C37H62N10O17. The van der Waals surface area contributed by atoms with E-state index >= 15 is 0 Å². The molecule has 0 fully saturated rings. The van der Waals surface area contributed by atoms with Crippen LogP contribution in [0.15, 0.2) is 0 Å². The Bertz CT molecular complexity index is 1710. The van der Waals surface area contributed by atoms with Gasteiger partial charge in [-0.25, -0.2) is 4.79 Å². The van der Waals surface area contributed by atoms with Crippen LogP contribution in [0.3, 0.4) is 0 Å². The van der Waals surface area contributed by atoms with E-state index in [1.54, 1.807) is 13.8 Å². The van der Waals surface area contributed by atoms with Crippen molar-refractivity contribution < 1.29 is 83.1 Å². The summed E-state index contributed by atoms with van der Waals surface area (Å²) in [6, 6.07) is -12.4. The number of hydrogen-bond donors (Lipinski definition) is 15. The Labute approximate surface area is 367 Å². The van der Waals surface area contributed by atoms with Gasteiger partial charge < -0.3 is 79.5 Å². The summed E-state index contributed by atoms with van der Waals surface area (Å²) >= 11 is 0. The Morgan fingerprint density at radius 2 is 0.875 bits per heavy atom. The smallest absolute Gasteiger partial charge is 0.328 e. The van der Waals surface area contributed by atoms with Crippen molar-refractivity contribution in [3.63, 3.8) is 0 Å². The first kappa shape index (κ1) is 57.5. The van der Waals surface area contributed by atoms with Crippen LogP contribution < -0.4 is 54.0 Å². The van der Waals surface area contributed by atoms with Crippen molar-refractivity contribution in [2.24, 2.45) is 17.4 Å². The van der Waals surface area contributed by atoms with E-state index in [0.717, 1.165) is 13.8 Å². The van der Waals surface area contributed by atoms with Gasteiger partial charge in [0, 0.05) is 19.3 Å². The van der Waals surface area contributed by atoms with Crippen molar-refractivity contribution in [2.75, 3.05) is 6.54 Å². The molecule has 0 aliphatic rings. The van der Waals surface area contributed by atoms with Crippen molar-refractivity contribution in [1.29, 1.82) is 0 Å². The normalized spacial score (nSPS) is 15.7. The van der Waals surface area contributed by atoms with Gasteiger partial charge in [-0.15, -0.1) is 0 Å². The highest BCUT2D eigenvalue weighted by Crippen LogP contribution is 2.09. The second-order valence-electron chi connectivity index (χ2n) is 15.3. The molecule has 0 aliphatic carbocycles. The largest absolute Gasteiger partial charge is 0.481 e. The first-order chi connectivity index (χ1) is 29.6. The lowest BCUT2D eigenvalue weighted by Gasteiger charge is -2.27. The van der Waals surface area contributed by atoms with Crippen LogP contribution in [0.25, 0.3) is 0 Å². The minimum atomic E-state index is -1.74. The molecule has 0 aliphatic heterocycles. The number of carboxylic acid groups (broad SMARTS) is 3. The fourth-order valence-corrected chi connectivity index (χ4v) is 5.35. The lowest BCUT2D eigenvalue weighted by atomic mass is 10.0. The minimum Gasteiger partial charge on any atom is -0.481 e. The van der Waals surface area contributed by atoms with Gasteiger partial charge >= 0.3 is 17.9 Å². The summed E-state index contributed by atoms with van der Waals surface area (Å²) in [5.74, 6) is -13.8. The second kappa shape index (κ2) is 28.3. The predicted octanol–water partition coefficient (Wildman–Crippen LogP) is -6.25. The third kappa shape index (κ3) is 22.6. The lowest BCUT2D eigenvalue weighted by Crippen LogP contribution is -2.60. The third-order valence-electron chi connectivity index (χ3n) is 9.03. The number of nitrogens with two attached hydrogens (primary N) is 2. The summed E-state index contributed by atoms with van der Waals surface area (Å²) in [6.07, 6.45) is -6.26. The lowest BCUT2D eigenvalue weighted by molar-refractivity contribution is -0.145. The van der Waals surface area contributed by atoms with E-state index in [2.05, 4.69) is 42.5 Å². The molecule has 0 rings (SSSR count). The SMILES string of the molecule is CC(C)CC(NC(=O)C(CCC(=O)O)NC(=O)C(CCC(=O)O)NC(=O)C(C)NC(=O)C(CCC(N)=O)NC(=O)CNC(=O)C(N)C(C)O)C(=O)NC(C)C(=O)NC(C(=O)O)C(C)O. The number of amides is 9. The number of hydrogen-bond acceptors (Lipinski definition) is 15. The van der Waals surface area contributed by atoms with Gasteiger partial charge in [-0.05, 0) is 59.3 Å². The Hall–Kier alpha value is -6.48. The Morgan fingerprint density at radius 3 is 1.28 bits per heavy atom. The number of carboxylic acids is 3. The highest BCUT2D eigenvalue weighted by Gasteiger charge is 2.34. The van der Waals surface area contributed by atoms with Gasteiger partial charge in [-0.1, -0.05) is 13.8 Å². The second-order valence-corrected chi connectivity index (χ2v) is 15.3. The fourth-order valence-electron chi connectivity index (χ4n) is 5.35. The number of carbonyl (C=O) groups is 12. The van der Waals surface area contributed by atoms with Crippen LogP contribution in [0.4, 0.5) is 0 Å². The monoisotopic (exact) mass is 918 g/mol. The van der Waals surface area contributed by atoms with Gasteiger partial charge in [0.25, 0.3) is 0 Å². The van der Waals surface area contributed by atoms with E-state index in [-0.39, 0.29) is 18.8 Å². The molecule has 9 amide bonds. The zero-order valence-electron chi connectivity index (χ0n) is 36.3. The van der Waals surface area contributed by atoms with Crippen molar-refractivity contribution in [1.82, 2.24) is 42.5 Å². The molecule has 0 aromatic rings. The van der Waals surface area contributed by atoms with E-state index in [1.165, 1.54) is 13.8 Å². The number of carbonyl (C=O) groups excluding carboxylic acids is 9. The summed E-state index contributed by atoms with van der Waals surface area (Å²) in [6.45, 7) is 7.30. The zero-order valence-corrected chi connectivity index (χ0v) is 36.3. The molecular weight excluding hydrogens is 856 g/mol. The first-order valence-corrected chi connectivity index (χ1v) is 20.0. The maximum atomic E-state index is 13.6. The fraction of sp³-hybridized carbons (Fsp3) is 0.676. The molecule has 0 aromatic carbocycles. The molecule has 0 heterocycles. The van der Waals surface area contributed by atoms with Crippen LogP contribution >= 0.6 is 0 Å². The summed E-state index contributed by atoms with van der Waals surface area (Å²) in [4.78, 5) is 150. The molecule has 0 saturated carbocycles. The summed E-state index contributed by atoms with van der Waals surface area (Å²) in [7, 11) is 0. The van der Waals surface area contributed by atoms with E-state index in [9.17, 15) is 83.1 Å². The highest BCUT2D eigenvalue weighted by atomic mass is 16.4. The molecule has 0 radical (unpaired) electrons. The van der Waals surface area contributed by atoms with Gasteiger partial charge in [-0.3, -0.25) is 52.7 Å². The predicted molar refractivity (Wildman–Crippen MR) is 218 cm³/mol. The first-order valence-electron chi connectivity index (χ1n) is 20.0. The topological polar surface area (TPSA) is 454 Å². The van der Waals surface area contributed by atoms with Crippen LogP contribution in [0, 0.1) is 5.92 Å². The molecule has 10 unspecified atom stereocenters. The standard InChI is InChI=1S/C37H62N10O17/c1-15(2)13-23(35(61)42-17(4)31(57)47-29(19(6)49)37(63)64)46-34(60)22(9-12-27(54)55)45-33(59)21(8-11-26(52)53)44-30(56)16(3)41-32(58)20(7-10-24(38)50)43-25(51)14-40-36(62)28(39)18(5)48/h15-23,28-29,48-49H,7-14,39H2,1-6H3,(H2,38,50)(H,40,62)(H,41,58)(H,42,61)(H,43,51)(H,44,56)(H,45,59)(H,46,60)(H,47,57)(H,52,53)(H,54,55)(H,63,64). The van der Waals surface area contributed by atoms with Crippen molar-refractivity contribution in [3.05, 3.63) is 0 Å². The van der Waals surface area contributed by atoms with Gasteiger partial charge in [0.2, 0.25) is 53.2 Å². The Balaban J connectivity index is 6.22. The van der Waals surface area contributed by atoms with Crippen LogP contribution in [0.2, 0.25) is 0 Å². The number of rotatable bonds is 30. The maximum absolute atomic E-state index is 13.6. The molecule has 362 valence electrons. The quantitative estimate of drug-likeness (QED) is 0.0319. The minimum absolute atomic E-state index is 0.0693. The van der Waals surface area contributed by atoms with Crippen molar-refractivity contribution >= 4 is 71.1 Å². The van der Waals surface area contributed by atoms with Crippen LogP contribution in [0.1, 0.15) is 86.5 Å². The van der Waals surface area contributed by atoms with E-state index in [0.29, 0.717) is 0 Å². The molecule has 0 saturated heterocycles. The van der Waals surface area contributed by atoms with Crippen molar-refractivity contribution in [2.45, 2.75) is 147 Å². The van der Waals surface area contributed by atoms with Crippen LogP contribution in [0.5, 0.6) is 0 Å². The van der Waals surface area contributed by atoms with Gasteiger partial charge in [0.1, 0.15) is 42.3 Å². The average molecular weight is 919 g/mol. The summed E-state index contributed by atoms with van der Waals surface area (Å²) in [5, 5.41) is 65.0. The van der Waals surface area contributed by atoms with E-state index < -0.39 is 170 Å². The summed E-state index contributed by atoms with van der Waals surface area (Å²) in [5.41, 5.74) is 10.7. The van der Waals surface area contributed by atoms with Gasteiger partial charge in [-0.2, -0.15) is 0 Å². The summed E-state index contributed by atoms with van der Waals surface area (Å²) < 4.78 is 0.